The molecule has 0 spiro atoms. The van der Waals surface area contributed by atoms with Gasteiger partial charge in [0.15, 0.2) is 0 Å². The van der Waals surface area contributed by atoms with Crippen LogP contribution in [0.3, 0.4) is 0 Å². The zero-order valence-corrected chi connectivity index (χ0v) is 9.79. The monoisotopic (exact) mass is 214 g/mol. The molecule has 2 heteroatoms. The van der Waals surface area contributed by atoms with Crippen molar-refractivity contribution >= 4 is 0 Å². The highest BCUT2D eigenvalue weighted by Crippen LogP contribution is 2.39. The summed E-state index contributed by atoms with van der Waals surface area (Å²) in [7, 11) is 0. The van der Waals surface area contributed by atoms with Gasteiger partial charge in [-0.15, -0.1) is 0 Å². The lowest BCUT2D eigenvalue weighted by Crippen LogP contribution is -2.38. The summed E-state index contributed by atoms with van der Waals surface area (Å²) in [5.74, 6) is 0. The van der Waals surface area contributed by atoms with Gasteiger partial charge in [0.1, 0.15) is 0 Å². The molecule has 2 nitrogen and oxygen atoms in total. The Labute approximate surface area is 97.3 Å². The maximum absolute atomic E-state index is 9.09. The Balaban J connectivity index is 1.82. The average molecular weight is 214 g/mol. The van der Waals surface area contributed by atoms with Crippen molar-refractivity contribution < 1.29 is 0 Å². The summed E-state index contributed by atoms with van der Waals surface area (Å²) in [6, 6.07) is 10.9. The number of nitrogens with one attached hydrogen (secondary N) is 1. The van der Waals surface area contributed by atoms with Gasteiger partial charge in [-0.3, -0.25) is 0 Å². The Morgan fingerprint density at radius 2 is 2.25 bits per heavy atom. The normalized spacial score (nSPS) is 17.5. The van der Waals surface area contributed by atoms with Crippen molar-refractivity contribution in [1.29, 1.82) is 5.26 Å². The van der Waals surface area contributed by atoms with Gasteiger partial charge in [-0.1, -0.05) is 36.2 Å². The number of nitrogens with zero attached hydrogens (tertiary/aromatic N) is 1. The molecular formula is C14H18N2. The van der Waals surface area contributed by atoms with Crippen LogP contribution >= 0.6 is 0 Å². The van der Waals surface area contributed by atoms with E-state index in [1.54, 1.807) is 0 Å². The van der Waals surface area contributed by atoms with Crippen LogP contribution in [0.2, 0.25) is 0 Å². The predicted molar refractivity (Wildman–Crippen MR) is 64.8 cm³/mol. The predicted octanol–water partition coefficient (Wildman–Crippen LogP) is 2.78. The third-order valence-electron chi connectivity index (χ3n) is 3.42. The van der Waals surface area contributed by atoms with Crippen LogP contribution in [0.1, 0.15) is 30.4 Å². The van der Waals surface area contributed by atoms with E-state index in [1.165, 1.54) is 17.5 Å². The zero-order chi connectivity index (χ0) is 11.4. The Bertz CT molecular complexity index is 399. The molecule has 1 aromatic rings. The van der Waals surface area contributed by atoms with Crippen molar-refractivity contribution in [2.45, 2.75) is 32.7 Å². The van der Waals surface area contributed by atoms with Crippen molar-refractivity contribution in [2.24, 2.45) is 5.41 Å². The molecule has 0 heterocycles. The first-order chi connectivity index (χ1) is 7.74. The zero-order valence-electron chi connectivity index (χ0n) is 9.79. The Morgan fingerprint density at radius 3 is 2.81 bits per heavy atom. The third kappa shape index (κ3) is 2.43. The van der Waals surface area contributed by atoms with Gasteiger partial charge >= 0.3 is 0 Å². The maximum atomic E-state index is 9.09. The van der Waals surface area contributed by atoms with Crippen LogP contribution < -0.4 is 5.32 Å². The number of nitriles is 1. The third-order valence-corrected chi connectivity index (χ3v) is 3.42. The highest BCUT2D eigenvalue weighted by Gasteiger charge is 2.36. The number of rotatable bonds is 4. The Hall–Kier alpha value is -1.33. The van der Waals surface area contributed by atoms with E-state index in [0.717, 1.165) is 25.9 Å². The largest absolute Gasteiger partial charge is 0.311 e. The molecule has 1 saturated carbocycles. The minimum atomic E-state index is -0.0656. The molecule has 0 unspecified atom stereocenters. The van der Waals surface area contributed by atoms with Crippen molar-refractivity contribution in [1.82, 2.24) is 5.32 Å². The van der Waals surface area contributed by atoms with E-state index < -0.39 is 0 Å². The van der Waals surface area contributed by atoms with Crippen LogP contribution in [-0.2, 0) is 6.54 Å². The molecule has 0 aromatic heterocycles. The van der Waals surface area contributed by atoms with Gasteiger partial charge < -0.3 is 5.32 Å². The number of hydrogen-bond donors (Lipinski definition) is 1. The highest BCUT2D eigenvalue weighted by molar-refractivity contribution is 5.22. The summed E-state index contributed by atoms with van der Waals surface area (Å²) in [4.78, 5) is 0. The molecule has 0 atom stereocenters. The van der Waals surface area contributed by atoms with Crippen LogP contribution in [0.4, 0.5) is 0 Å². The first-order valence-electron chi connectivity index (χ1n) is 5.92. The summed E-state index contributed by atoms with van der Waals surface area (Å²) < 4.78 is 0. The van der Waals surface area contributed by atoms with Crippen LogP contribution in [0.5, 0.6) is 0 Å². The average Bonchev–Trinajstić information content (AvgIpc) is 2.22. The lowest BCUT2D eigenvalue weighted by Gasteiger charge is -2.35. The van der Waals surface area contributed by atoms with Gasteiger partial charge in [0.2, 0.25) is 0 Å². The molecule has 0 radical (unpaired) electrons. The van der Waals surface area contributed by atoms with Crippen molar-refractivity contribution in [3.63, 3.8) is 0 Å². The van der Waals surface area contributed by atoms with Crippen LogP contribution in [0, 0.1) is 23.7 Å². The van der Waals surface area contributed by atoms with Crippen molar-refractivity contribution in [2.75, 3.05) is 6.54 Å². The van der Waals surface area contributed by atoms with Gasteiger partial charge in [-0.05, 0) is 25.3 Å². The molecule has 1 fully saturated rings. The van der Waals surface area contributed by atoms with E-state index in [0.29, 0.717) is 0 Å². The van der Waals surface area contributed by atoms with Gasteiger partial charge in [0, 0.05) is 13.1 Å². The van der Waals surface area contributed by atoms with E-state index in [4.69, 9.17) is 5.26 Å². The van der Waals surface area contributed by atoms with Gasteiger partial charge in [-0.2, -0.15) is 5.26 Å². The quantitative estimate of drug-likeness (QED) is 0.836. The van der Waals surface area contributed by atoms with Crippen molar-refractivity contribution in [3.05, 3.63) is 35.4 Å². The fourth-order valence-corrected chi connectivity index (χ4v) is 2.20. The molecule has 1 aromatic carbocycles. The van der Waals surface area contributed by atoms with Crippen LogP contribution in [-0.4, -0.2) is 6.54 Å². The Morgan fingerprint density at radius 1 is 1.44 bits per heavy atom. The lowest BCUT2D eigenvalue weighted by atomic mass is 9.70. The summed E-state index contributed by atoms with van der Waals surface area (Å²) in [5, 5.41) is 12.5. The molecular weight excluding hydrogens is 196 g/mol. The fourth-order valence-electron chi connectivity index (χ4n) is 2.20. The van der Waals surface area contributed by atoms with E-state index in [2.05, 4.69) is 42.6 Å². The first kappa shape index (κ1) is 11.2. The standard InChI is InChI=1S/C14H18N2/c1-12-4-2-5-13(8-12)9-16-11-14(10-15)6-3-7-14/h2,4-5,8,16H,3,6-7,9,11H2,1H3. The fraction of sp³-hybridized carbons (Fsp3) is 0.500. The topological polar surface area (TPSA) is 35.8 Å². The van der Waals surface area contributed by atoms with E-state index in [-0.39, 0.29) is 5.41 Å². The minimum absolute atomic E-state index is 0.0656. The second-order valence-electron chi connectivity index (χ2n) is 4.84. The first-order valence-corrected chi connectivity index (χ1v) is 5.92. The lowest BCUT2D eigenvalue weighted by molar-refractivity contribution is 0.206. The SMILES string of the molecule is Cc1cccc(CNCC2(C#N)CCC2)c1. The van der Waals surface area contributed by atoms with Gasteiger partial charge in [0.25, 0.3) is 0 Å². The molecule has 0 aliphatic heterocycles. The number of aryl methyl sites for hydroxylation is 1. The molecule has 0 saturated heterocycles. The molecule has 0 amide bonds. The molecule has 0 bridgehead atoms. The van der Waals surface area contributed by atoms with E-state index >= 15 is 0 Å². The number of benzene rings is 1. The molecule has 1 aliphatic rings. The van der Waals surface area contributed by atoms with Crippen molar-refractivity contribution in [3.8, 4) is 6.07 Å². The van der Waals surface area contributed by atoms with E-state index in [9.17, 15) is 0 Å². The Kier molecular flexibility index (Phi) is 3.26. The molecule has 2 rings (SSSR count). The minimum Gasteiger partial charge on any atom is -0.311 e. The summed E-state index contributed by atoms with van der Waals surface area (Å²) >= 11 is 0. The molecule has 16 heavy (non-hydrogen) atoms. The van der Waals surface area contributed by atoms with Gasteiger partial charge in [0.05, 0.1) is 11.5 Å². The summed E-state index contributed by atoms with van der Waals surface area (Å²) in [6.45, 7) is 3.80. The second kappa shape index (κ2) is 4.67. The summed E-state index contributed by atoms with van der Waals surface area (Å²) in [6.07, 6.45) is 3.33. The smallest absolute Gasteiger partial charge is 0.0703 e. The van der Waals surface area contributed by atoms with Crippen LogP contribution in [0.15, 0.2) is 24.3 Å². The number of hydrogen-bond acceptors (Lipinski definition) is 2. The second-order valence-corrected chi connectivity index (χ2v) is 4.84. The highest BCUT2D eigenvalue weighted by atomic mass is 14.9. The maximum Gasteiger partial charge on any atom is 0.0703 e. The summed E-state index contributed by atoms with van der Waals surface area (Å²) in [5.41, 5.74) is 2.52. The molecule has 1 N–H and O–H groups in total. The van der Waals surface area contributed by atoms with Crippen LogP contribution in [0.25, 0.3) is 0 Å². The van der Waals surface area contributed by atoms with E-state index in [1.807, 2.05) is 0 Å². The molecule has 84 valence electrons. The molecule has 1 aliphatic carbocycles. The van der Waals surface area contributed by atoms with Gasteiger partial charge in [-0.25, -0.2) is 0 Å².